The molecule has 0 radical (unpaired) electrons. The molecule has 0 saturated carbocycles. The van der Waals surface area contributed by atoms with Crippen LogP contribution in [0.4, 0.5) is 0 Å². The zero-order valence-corrected chi connectivity index (χ0v) is 15.8. The predicted octanol–water partition coefficient (Wildman–Crippen LogP) is 5.27. The SMILES string of the molecule is Clc1ccc(-c2cn3c4c(sc3n2)CN(Cc2ccccc2)CC4)cc1. The molecule has 26 heavy (non-hydrogen) atoms. The Morgan fingerprint density at radius 2 is 1.85 bits per heavy atom. The molecule has 0 fully saturated rings. The molecule has 0 spiro atoms. The minimum Gasteiger partial charge on any atom is -0.294 e. The lowest BCUT2D eigenvalue weighted by Gasteiger charge is -2.26. The van der Waals surface area contributed by atoms with Crippen LogP contribution in [-0.2, 0) is 19.5 Å². The minimum atomic E-state index is 0.755. The number of thiazole rings is 1. The summed E-state index contributed by atoms with van der Waals surface area (Å²) in [5.41, 5.74) is 4.92. The molecule has 5 heteroatoms. The second-order valence-corrected chi connectivity index (χ2v) is 8.20. The Bertz CT molecular complexity index is 1050. The summed E-state index contributed by atoms with van der Waals surface area (Å²) >= 11 is 7.81. The maximum atomic E-state index is 6.00. The standard InChI is InChI=1S/C21H18ClN3S/c22-17-8-6-16(7-9-17)18-13-25-19-10-11-24(12-15-4-2-1-3-5-15)14-20(19)26-21(25)23-18/h1-9,13H,10-12,14H2. The van der Waals surface area contributed by atoms with Crippen molar-refractivity contribution in [2.24, 2.45) is 0 Å². The Kier molecular flexibility index (Phi) is 4.04. The van der Waals surface area contributed by atoms with Crippen LogP contribution in [0.2, 0.25) is 5.02 Å². The Balaban J connectivity index is 1.41. The van der Waals surface area contributed by atoms with Gasteiger partial charge in [-0.2, -0.15) is 0 Å². The van der Waals surface area contributed by atoms with Gasteiger partial charge in [0.25, 0.3) is 0 Å². The number of aromatic nitrogens is 2. The van der Waals surface area contributed by atoms with Crippen LogP contribution in [0, 0.1) is 0 Å². The van der Waals surface area contributed by atoms with E-state index in [4.69, 9.17) is 16.6 Å². The summed E-state index contributed by atoms with van der Waals surface area (Å²) in [6.45, 7) is 3.10. The van der Waals surface area contributed by atoms with Crippen LogP contribution in [0.1, 0.15) is 16.1 Å². The Morgan fingerprint density at radius 1 is 1.04 bits per heavy atom. The zero-order chi connectivity index (χ0) is 17.5. The number of imidazole rings is 1. The predicted molar refractivity (Wildman–Crippen MR) is 108 cm³/mol. The first kappa shape index (κ1) is 16.1. The van der Waals surface area contributed by atoms with Gasteiger partial charge in [0.1, 0.15) is 0 Å². The number of halogens is 1. The van der Waals surface area contributed by atoms with Crippen LogP contribution in [0.3, 0.4) is 0 Å². The lowest BCUT2D eigenvalue weighted by molar-refractivity contribution is 0.246. The molecule has 3 heterocycles. The molecule has 0 unspecified atom stereocenters. The van der Waals surface area contributed by atoms with Crippen molar-refractivity contribution in [1.29, 1.82) is 0 Å². The first-order valence-electron chi connectivity index (χ1n) is 8.78. The monoisotopic (exact) mass is 379 g/mol. The van der Waals surface area contributed by atoms with E-state index in [1.165, 1.54) is 16.1 Å². The van der Waals surface area contributed by atoms with Crippen molar-refractivity contribution in [3.8, 4) is 11.3 Å². The molecule has 1 aliphatic rings. The Labute approximate surface area is 161 Å². The van der Waals surface area contributed by atoms with E-state index in [2.05, 4.69) is 45.8 Å². The van der Waals surface area contributed by atoms with Crippen molar-refractivity contribution >= 4 is 27.9 Å². The Hall–Kier alpha value is -2.14. The molecule has 0 aliphatic carbocycles. The fourth-order valence-corrected chi connectivity index (χ4v) is 4.91. The summed E-state index contributed by atoms with van der Waals surface area (Å²) < 4.78 is 2.28. The highest BCUT2D eigenvalue weighted by Crippen LogP contribution is 2.31. The number of hydrogen-bond donors (Lipinski definition) is 0. The van der Waals surface area contributed by atoms with Gasteiger partial charge >= 0.3 is 0 Å². The highest BCUT2D eigenvalue weighted by molar-refractivity contribution is 7.17. The highest BCUT2D eigenvalue weighted by atomic mass is 35.5. The van der Waals surface area contributed by atoms with E-state index in [1.807, 2.05) is 35.6 Å². The first-order valence-corrected chi connectivity index (χ1v) is 9.97. The van der Waals surface area contributed by atoms with E-state index in [1.54, 1.807) is 0 Å². The third-order valence-electron chi connectivity index (χ3n) is 4.92. The number of hydrogen-bond acceptors (Lipinski definition) is 3. The first-order chi connectivity index (χ1) is 12.8. The van der Waals surface area contributed by atoms with E-state index in [0.717, 1.165) is 47.3 Å². The molecular formula is C21H18ClN3S. The van der Waals surface area contributed by atoms with Crippen molar-refractivity contribution < 1.29 is 0 Å². The van der Waals surface area contributed by atoms with Crippen molar-refractivity contribution in [3.63, 3.8) is 0 Å². The third-order valence-corrected chi connectivity index (χ3v) is 6.26. The van der Waals surface area contributed by atoms with Gasteiger partial charge in [0, 0.05) is 53.4 Å². The molecule has 1 aliphatic heterocycles. The summed E-state index contributed by atoms with van der Waals surface area (Å²) in [7, 11) is 0. The van der Waals surface area contributed by atoms with Gasteiger partial charge in [-0.15, -0.1) is 0 Å². The number of nitrogens with zero attached hydrogens (tertiary/aromatic N) is 3. The van der Waals surface area contributed by atoms with Crippen molar-refractivity contribution in [1.82, 2.24) is 14.3 Å². The fourth-order valence-electron chi connectivity index (χ4n) is 3.60. The second kappa shape index (κ2) is 6.54. The van der Waals surface area contributed by atoms with E-state index in [-0.39, 0.29) is 0 Å². The van der Waals surface area contributed by atoms with Gasteiger partial charge in [-0.25, -0.2) is 4.98 Å². The molecule has 5 rings (SSSR count). The highest BCUT2D eigenvalue weighted by Gasteiger charge is 2.22. The lowest BCUT2D eigenvalue weighted by atomic mass is 10.1. The largest absolute Gasteiger partial charge is 0.294 e. The maximum Gasteiger partial charge on any atom is 0.194 e. The van der Waals surface area contributed by atoms with Gasteiger partial charge in [0.15, 0.2) is 4.96 Å². The summed E-state index contributed by atoms with van der Waals surface area (Å²) in [5.74, 6) is 0. The van der Waals surface area contributed by atoms with Crippen molar-refractivity contribution in [3.05, 3.63) is 82.0 Å². The van der Waals surface area contributed by atoms with Crippen LogP contribution < -0.4 is 0 Å². The van der Waals surface area contributed by atoms with Gasteiger partial charge in [0.2, 0.25) is 0 Å². The molecule has 0 amide bonds. The summed E-state index contributed by atoms with van der Waals surface area (Å²) in [4.78, 5) is 9.89. The molecule has 2 aromatic heterocycles. The van der Waals surface area contributed by atoms with E-state index in [9.17, 15) is 0 Å². The van der Waals surface area contributed by atoms with Crippen LogP contribution in [0.5, 0.6) is 0 Å². The molecule has 0 atom stereocenters. The molecule has 0 bridgehead atoms. The molecule has 4 aromatic rings. The topological polar surface area (TPSA) is 20.5 Å². The van der Waals surface area contributed by atoms with Gasteiger partial charge in [-0.05, 0) is 17.7 Å². The summed E-state index contributed by atoms with van der Waals surface area (Å²) in [6.07, 6.45) is 3.24. The normalized spacial score (nSPS) is 14.7. The average molecular weight is 380 g/mol. The average Bonchev–Trinajstić information content (AvgIpc) is 3.21. The smallest absolute Gasteiger partial charge is 0.194 e. The van der Waals surface area contributed by atoms with Crippen molar-refractivity contribution in [2.75, 3.05) is 6.54 Å². The molecule has 3 nitrogen and oxygen atoms in total. The number of fused-ring (bicyclic) bond motifs is 3. The molecule has 2 aromatic carbocycles. The zero-order valence-electron chi connectivity index (χ0n) is 14.2. The van der Waals surface area contributed by atoms with Gasteiger partial charge in [-0.3, -0.25) is 9.30 Å². The van der Waals surface area contributed by atoms with Crippen LogP contribution in [0.15, 0.2) is 60.8 Å². The fraction of sp³-hybridized carbons (Fsp3) is 0.190. The number of benzene rings is 2. The van der Waals surface area contributed by atoms with E-state index in [0.29, 0.717) is 0 Å². The minimum absolute atomic E-state index is 0.755. The Morgan fingerprint density at radius 3 is 2.65 bits per heavy atom. The number of rotatable bonds is 3. The van der Waals surface area contributed by atoms with E-state index >= 15 is 0 Å². The molecule has 0 saturated heterocycles. The van der Waals surface area contributed by atoms with Crippen LogP contribution in [0.25, 0.3) is 16.2 Å². The summed E-state index contributed by atoms with van der Waals surface area (Å²) in [5, 5.41) is 0.755. The van der Waals surface area contributed by atoms with E-state index < -0.39 is 0 Å². The van der Waals surface area contributed by atoms with Crippen LogP contribution in [-0.4, -0.2) is 20.8 Å². The second-order valence-electron chi connectivity index (χ2n) is 6.70. The lowest BCUT2D eigenvalue weighted by Crippen LogP contribution is -2.29. The molecule has 130 valence electrons. The van der Waals surface area contributed by atoms with Gasteiger partial charge in [-0.1, -0.05) is 65.4 Å². The van der Waals surface area contributed by atoms with Crippen molar-refractivity contribution in [2.45, 2.75) is 19.5 Å². The maximum absolute atomic E-state index is 6.00. The quantitative estimate of drug-likeness (QED) is 0.483. The molecule has 0 N–H and O–H groups in total. The van der Waals surface area contributed by atoms with Gasteiger partial charge in [0.05, 0.1) is 5.69 Å². The van der Waals surface area contributed by atoms with Crippen LogP contribution >= 0.6 is 22.9 Å². The summed E-state index contributed by atoms with van der Waals surface area (Å²) in [6, 6.07) is 18.6. The van der Waals surface area contributed by atoms with Gasteiger partial charge < -0.3 is 0 Å². The molecular weight excluding hydrogens is 362 g/mol. The third kappa shape index (κ3) is 2.94.